The van der Waals surface area contributed by atoms with Crippen molar-refractivity contribution in [3.8, 4) is 6.07 Å². The van der Waals surface area contributed by atoms with Crippen molar-refractivity contribution in [1.29, 1.82) is 5.26 Å². The highest BCUT2D eigenvalue weighted by atomic mass is 16.5. The molecule has 0 unspecified atom stereocenters. The van der Waals surface area contributed by atoms with Crippen LogP contribution in [-0.4, -0.2) is 26.4 Å². The summed E-state index contributed by atoms with van der Waals surface area (Å²) in [4.78, 5) is 0. The molecule has 66 valence electrons. The Hall–Kier alpha value is -0.590. The van der Waals surface area contributed by atoms with Crippen LogP contribution in [0.2, 0.25) is 0 Å². The second kappa shape index (κ2) is 3.04. The van der Waals surface area contributed by atoms with Crippen LogP contribution in [0.1, 0.15) is 12.8 Å². The third kappa shape index (κ3) is 1.12. The molecular formula is C9H13NO2. The fraction of sp³-hybridized carbons (Fsp3) is 0.889. The summed E-state index contributed by atoms with van der Waals surface area (Å²) < 4.78 is 10.4. The molecule has 2 fully saturated rings. The topological polar surface area (TPSA) is 42.2 Å². The number of hydrogen-bond donors (Lipinski definition) is 0. The van der Waals surface area contributed by atoms with E-state index in [1.54, 1.807) is 0 Å². The Morgan fingerprint density at radius 1 is 1.17 bits per heavy atom. The van der Waals surface area contributed by atoms with E-state index in [-0.39, 0.29) is 5.41 Å². The standard InChI is InChI=1S/C9H13NO2/c10-5-9(6-12-7-9)8-1-3-11-4-2-8/h8H,1-4,6-7H2. The Labute approximate surface area is 72.3 Å². The van der Waals surface area contributed by atoms with E-state index in [1.165, 1.54) is 0 Å². The Morgan fingerprint density at radius 3 is 2.25 bits per heavy atom. The second-order valence-electron chi connectivity index (χ2n) is 3.65. The summed E-state index contributed by atoms with van der Waals surface area (Å²) >= 11 is 0. The molecule has 0 aromatic rings. The van der Waals surface area contributed by atoms with Gasteiger partial charge in [-0.1, -0.05) is 0 Å². The molecule has 0 aliphatic carbocycles. The van der Waals surface area contributed by atoms with Gasteiger partial charge in [-0.05, 0) is 18.8 Å². The van der Waals surface area contributed by atoms with Crippen molar-refractivity contribution in [3.63, 3.8) is 0 Å². The van der Waals surface area contributed by atoms with E-state index >= 15 is 0 Å². The number of ether oxygens (including phenoxy) is 2. The van der Waals surface area contributed by atoms with Crippen molar-refractivity contribution in [2.45, 2.75) is 12.8 Å². The number of nitriles is 1. The Bertz CT molecular complexity index is 199. The van der Waals surface area contributed by atoms with E-state index in [0.717, 1.165) is 26.1 Å². The van der Waals surface area contributed by atoms with Crippen molar-refractivity contribution < 1.29 is 9.47 Å². The molecule has 2 heterocycles. The van der Waals surface area contributed by atoms with Gasteiger partial charge in [0, 0.05) is 13.2 Å². The zero-order valence-corrected chi connectivity index (χ0v) is 7.08. The fourth-order valence-electron chi connectivity index (χ4n) is 1.96. The third-order valence-electron chi connectivity index (χ3n) is 2.94. The van der Waals surface area contributed by atoms with Gasteiger partial charge in [0.05, 0.1) is 19.3 Å². The summed E-state index contributed by atoms with van der Waals surface area (Å²) in [6, 6.07) is 2.40. The summed E-state index contributed by atoms with van der Waals surface area (Å²) in [7, 11) is 0. The molecule has 0 atom stereocenters. The average molecular weight is 167 g/mol. The lowest BCUT2D eigenvalue weighted by atomic mass is 9.71. The lowest BCUT2D eigenvalue weighted by molar-refractivity contribution is -0.128. The lowest BCUT2D eigenvalue weighted by Crippen LogP contribution is -2.48. The monoisotopic (exact) mass is 167 g/mol. The van der Waals surface area contributed by atoms with Crippen molar-refractivity contribution in [1.82, 2.24) is 0 Å². The molecule has 0 bridgehead atoms. The summed E-state index contributed by atoms with van der Waals surface area (Å²) in [5.41, 5.74) is -0.163. The highest BCUT2D eigenvalue weighted by Crippen LogP contribution is 2.40. The fourth-order valence-corrected chi connectivity index (χ4v) is 1.96. The van der Waals surface area contributed by atoms with E-state index in [9.17, 15) is 0 Å². The molecule has 12 heavy (non-hydrogen) atoms. The summed E-state index contributed by atoms with van der Waals surface area (Å²) in [6.07, 6.45) is 2.05. The van der Waals surface area contributed by atoms with Gasteiger partial charge in [-0.2, -0.15) is 5.26 Å². The van der Waals surface area contributed by atoms with Gasteiger partial charge >= 0.3 is 0 Å². The van der Waals surface area contributed by atoms with Crippen LogP contribution in [0.3, 0.4) is 0 Å². The van der Waals surface area contributed by atoms with Crippen LogP contribution in [-0.2, 0) is 9.47 Å². The van der Waals surface area contributed by atoms with E-state index in [0.29, 0.717) is 19.1 Å². The Balaban J connectivity index is 2.01. The molecule has 2 rings (SSSR count). The van der Waals surface area contributed by atoms with Crippen LogP contribution in [0, 0.1) is 22.7 Å². The van der Waals surface area contributed by atoms with Crippen LogP contribution < -0.4 is 0 Å². The highest BCUT2D eigenvalue weighted by molar-refractivity contribution is 5.07. The van der Waals surface area contributed by atoms with Gasteiger partial charge in [-0.25, -0.2) is 0 Å². The smallest absolute Gasteiger partial charge is 0.107 e. The first-order valence-electron chi connectivity index (χ1n) is 4.44. The van der Waals surface area contributed by atoms with Gasteiger partial charge in [0.15, 0.2) is 0 Å². The molecule has 2 aliphatic heterocycles. The largest absolute Gasteiger partial charge is 0.381 e. The van der Waals surface area contributed by atoms with Gasteiger partial charge in [0.25, 0.3) is 0 Å². The molecule has 0 aromatic heterocycles. The third-order valence-corrected chi connectivity index (χ3v) is 2.94. The predicted octanol–water partition coefficient (Wildman–Crippen LogP) is 0.953. The maximum atomic E-state index is 9.02. The highest BCUT2D eigenvalue weighted by Gasteiger charge is 2.46. The Morgan fingerprint density at radius 2 is 1.83 bits per heavy atom. The van der Waals surface area contributed by atoms with E-state index in [1.807, 2.05) is 0 Å². The summed E-state index contributed by atoms with van der Waals surface area (Å²) in [5, 5.41) is 9.02. The molecule has 3 heteroatoms. The number of nitrogens with zero attached hydrogens (tertiary/aromatic N) is 1. The molecule has 0 N–H and O–H groups in total. The second-order valence-corrected chi connectivity index (χ2v) is 3.65. The molecule has 3 nitrogen and oxygen atoms in total. The van der Waals surface area contributed by atoms with Gasteiger partial charge in [-0.15, -0.1) is 0 Å². The predicted molar refractivity (Wildman–Crippen MR) is 42.4 cm³/mol. The van der Waals surface area contributed by atoms with Gasteiger partial charge in [0.1, 0.15) is 5.41 Å². The first-order chi connectivity index (χ1) is 5.87. The summed E-state index contributed by atoms with van der Waals surface area (Å²) in [5.74, 6) is 0.505. The minimum atomic E-state index is -0.163. The minimum absolute atomic E-state index is 0.163. The number of rotatable bonds is 1. The van der Waals surface area contributed by atoms with Crippen LogP contribution in [0.15, 0.2) is 0 Å². The lowest BCUT2D eigenvalue weighted by Gasteiger charge is -2.43. The average Bonchev–Trinajstić information content (AvgIpc) is 2.05. The Kier molecular flexibility index (Phi) is 2.03. The van der Waals surface area contributed by atoms with Crippen molar-refractivity contribution in [2.24, 2.45) is 11.3 Å². The van der Waals surface area contributed by atoms with E-state index < -0.39 is 0 Å². The van der Waals surface area contributed by atoms with E-state index in [4.69, 9.17) is 14.7 Å². The van der Waals surface area contributed by atoms with Crippen molar-refractivity contribution >= 4 is 0 Å². The van der Waals surface area contributed by atoms with Crippen LogP contribution >= 0.6 is 0 Å². The summed E-state index contributed by atoms with van der Waals surface area (Å²) in [6.45, 7) is 2.89. The molecular weight excluding hydrogens is 154 g/mol. The quantitative estimate of drug-likeness (QED) is 0.584. The van der Waals surface area contributed by atoms with Crippen molar-refractivity contribution in [2.75, 3.05) is 26.4 Å². The normalized spacial score (nSPS) is 28.9. The maximum absolute atomic E-state index is 9.02. The zero-order valence-electron chi connectivity index (χ0n) is 7.08. The van der Waals surface area contributed by atoms with Crippen LogP contribution in [0.5, 0.6) is 0 Å². The molecule has 0 saturated carbocycles. The maximum Gasteiger partial charge on any atom is 0.107 e. The molecule has 2 saturated heterocycles. The molecule has 0 spiro atoms. The van der Waals surface area contributed by atoms with Crippen molar-refractivity contribution in [3.05, 3.63) is 0 Å². The van der Waals surface area contributed by atoms with E-state index in [2.05, 4.69) is 6.07 Å². The zero-order chi connectivity index (χ0) is 8.44. The van der Waals surface area contributed by atoms with Gasteiger partial charge in [-0.3, -0.25) is 0 Å². The molecule has 2 aliphatic rings. The van der Waals surface area contributed by atoms with Crippen LogP contribution in [0.4, 0.5) is 0 Å². The first-order valence-corrected chi connectivity index (χ1v) is 4.44. The minimum Gasteiger partial charge on any atom is -0.381 e. The number of hydrogen-bond acceptors (Lipinski definition) is 3. The molecule has 0 amide bonds. The SMILES string of the molecule is N#CC1(C2CCOCC2)COC1. The molecule has 0 radical (unpaired) electrons. The molecule has 0 aromatic carbocycles. The van der Waals surface area contributed by atoms with Gasteiger partial charge in [0.2, 0.25) is 0 Å². The van der Waals surface area contributed by atoms with Crippen LogP contribution in [0.25, 0.3) is 0 Å². The first kappa shape index (κ1) is 8.03. The van der Waals surface area contributed by atoms with Gasteiger partial charge < -0.3 is 9.47 Å².